The summed E-state index contributed by atoms with van der Waals surface area (Å²) in [5.41, 5.74) is 0. The number of nitrogens with one attached hydrogen (secondary N) is 4. The van der Waals surface area contributed by atoms with Crippen LogP contribution in [0, 0.1) is 23.7 Å². The van der Waals surface area contributed by atoms with Gasteiger partial charge in [-0.05, 0) is 51.4 Å². The van der Waals surface area contributed by atoms with Gasteiger partial charge in [-0.25, -0.2) is 33.7 Å². The second kappa shape index (κ2) is 79.1. The molecule has 0 fully saturated rings. The zero-order chi connectivity index (χ0) is 92.6. The van der Waals surface area contributed by atoms with Crippen LogP contribution in [0.3, 0.4) is 0 Å². The van der Waals surface area contributed by atoms with E-state index < -0.39 is 206 Å². The number of carboxylic acids is 12. The molecule has 0 rings (SSSR count). The number of carbonyl (C=O) groups excluding carboxylic acids is 4. The van der Waals surface area contributed by atoms with Crippen molar-refractivity contribution in [3.8, 4) is 0 Å². The van der Waals surface area contributed by atoms with Gasteiger partial charge in [-0.3, -0.25) is 76.7 Å². The summed E-state index contributed by atoms with van der Waals surface area (Å²) < 4.78 is 129. The van der Waals surface area contributed by atoms with Crippen molar-refractivity contribution in [1.82, 2.24) is 21.3 Å². The van der Waals surface area contributed by atoms with Crippen molar-refractivity contribution in [2.45, 2.75) is 304 Å². The predicted octanol–water partition coefficient (Wildman–Crippen LogP) is -7.27. The molecule has 0 spiro atoms. The largest absolute Gasteiger partial charge is 1.00 e. The van der Waals surface area contributed by atoms with Crippen LogP contribution in [0.15, 0.2) is 0 Å². The Balaban J connectivity index is -0.000000239. The maximum Gasteiger partial charge on any atom is 1.00 e. The molecule has 0 aromatic carbocycles. The molecule has 124 heavy (non-hydrogen) atoms. The standard InChI is InChI=1S/4C18H31NO10S.4Na/c4*20-15(12-14(18(25)26)30(27,28)29)19-10-8-6-4-2-1-3-5-7-9-13(17(23)24)11-16(21)22;;;;/h4*13-14H,1-12H2,(H,19,20)(H,21,22)(H,23,24)(H,25,26)(H,27,28,29);;;;/q;;;;4*+1/p-4. The molecular weight excluding hydrogens is 1780 g/mol. The number of rotatable bonds is 72. The second-order valence-corrected chi connectivity index (χ2v) is 34.7. The molecule has 52 heteroatoms. The molecule has 4 amide bonds. The fourth-order valence-electron chi connectivity index (χ4n) is 11.5. The van der Waals surface area contributed by atoms with E-state index in [1.165, 1.54) is 0 Å². The van der Waals surface area contributed by atoms with Crippen LogP contribution in [-0.4, -0.2) is 256 Å². The Morgan fingerprint density at radius 3 is 0.419 bits per heavy atom. The van der Waals surface area contributed by atoms with E-state index >= 15 is 0 Å². The fraction of sp³-hybridized carbons (Fsp3) is 0.778. The third-order valence-corrected chi connectivity index (χ3v) is 22.5. The summed E-state index contributed by atoms with van der Waals surface area (Å²) in [5, 5.41) is 106. The van der Waals surface area contributed by atoms with Crippen LogP contribution in [0.25, 0.3) is 0 Å². The molecule has 0 saturated carbocycles. The van der Waals surface area contributed by atoms with Crippen molar-refractivity contribution in [2.24, 2.45) is 23.7 Å². The van der Waals surface area contributed by atoms with E-state index in [9.17, 15) is 129 Å². The Kier molecular flexibility index (Phi) is 85.9. The van der Waals surface area contributed by atoms with E-state index in [0.29, 0.717) is 77.0 Å². The fourth-order valence-corrected chi connectivity index (χ4v) is 13.9. The van der Waals surface area contributed by atoms with Gasteiger partial charge in [0.2, 0.25) is 23.6 Å². The van der Waals surface area contributed by atoms with Crippen molar-refractivity contribution in [2.75, 3.05) is 26.2 Å². The average molecular weight is 1900 g/mol. The summed E-state index contributed by atoms with van der Waals surface area (Å²) in [7, 11) is -20.4. The molecule has 0 heterocycles. The van der Waals surface area contributed by atoms with Crippen molar-refractivity contribution in [1.29, 1.82) is 0 Å². The van der Waals surface area contributed by atoms with Crippen LogP contribution >= 0.6 is 0 Å². The molecule has 0 aromatic rings. The normalized spacial score (nSPS) is 12.9. The number of amides is 4. The number of hydrogen-bond donors (Lipinski definition) is 16. The minimum absolute atomic E-state index is 0. The number of aliphatic carboxylic acids is 12. The number of carboxylic acid groups (broad SMARTS) is 12. The first-order chi connectivity index (χ1) is 55.8. The van der Waals surface area contributed by atoms with Gasteiger partial charge < -0.3 is 101 Å². The molecule has 0 bridgehead atoms. The van der Waals surface area contributed by atoms with E-state index in [1.807, 2.05) is 0 Å². The first-order valence-electron chi connectivity index (χ1n) is 39.3. The third kappa shape index (κ3) is 81.6. The Hall–Kier alpha value is -4.84. The number of carbonyl (C=O) groups is 16. The number of unbranched alkanes of at least 4 members (excludes halogenated alkanes) is 28. The first kappa shape index (κ1) is 135. The van der Waals surface area contributed by atoms with Crippen LogP contribution in [0.1, 0.15) is 283 Å². The predicted molar refractivity (Wildman–Crippen MR) is 415 cm³/mol. The molecule has 0 radical (unpaired) electrons. The van der Waals surface area contributed by atoms with Gasteiger partial charge in [0.05, 0.1) is 75.0 Å². The minimum Gasteiger partial charge on any atom is -0.747 e. The van der Waals surface area contributed by atoms with Crippen molar-refractivity contribution < 1.29 is 308 Å². The molecule has 0 aliphatic rings. The van der Waals surface area contributed by atoms with Gasteiger partial charge in [0.25, 0.3) is 0 Å². The molecule has 8 atom stereocenters. The first-order valence-corrected chi connectivity index (χ1v) is 45.2. The van der Waals surface area contributed by atoms with Crippen LogP contribution in [0.5, 0.6) is 0 Å². The summed E-state index contributed by atoms with van der Waals surface area (Å²) in [6, 6.07) is 0. The van der Waals surface area contributed by atoms with Crippen LogP contribution in [0.4, 0.5) is 0 Å². The van der Waals surface area contributed by atoms with Crippen molar-refractivity contribution in [3.05, 3.63) is 0 Å². The summed E-state index contributed by atoms with van der Waals surface area (Å²) in [6.45, 7) is 1.02. The van der Waals surface area contributed by atoms with E-state index in [1.54, 1.807) is 0 Å². The van der Waals surface area contributed by atoms with E-state index in [0.717, 1.165) is 154 Å². The zero-order valence-electron chi connectivity index (χ0n) is 71.0. The average Bonchev–Trinajstić information content (AvgIpc) is 0.876. The molecule has 44 nitrogen and oxygen atoms in total. The van der Waals surface area contributed by atoms with E-state index in [-0.39, 0.29) is 170 Å². The molecule has 0 aliphatic heterocycles. The Bertz CT molecular complexity index is 3200. The molecular formula is C72H120N4Na4O40S4. The quantitative estimate of drug-likeness (QED) is 0.0153. The second-order valence-electron chi connectivity index (χ2n) is 28.5. The van der Waals surface area contributed by atoms with Gasteiger partial charge in [0.15, 0.2) is 21.0 Å². The van der Waals surface area contributed by atoms with Crippen LogP contribution < -0.4 is 139 Å². The van der Waals surface area contributed by atoms with E-state index in [4.69, 9.17) is 61.3 Å². The van der Waals surface area contributed by atoms with Gasteiger partial charge in [-0.15, -0.1) is 0 Å². The maximum atomic E-state index is 11.5. The Morgan fingerprint density at radius 1 is 0.194 bits per heavy atom. The molecule has 0 aromatic heterocycles. The molecule has 16 N–H and O–H groups in total. The molecule has 0 saturated heterocycles. The van der Waals surface area contributed by atoms with Crippen LogP contribution in [0.2, 0.25) is 0 Å². The summed E-state index contributed by atoms with van der Waals surface area (Å²) in [5.74, 6) is -22.8. The Labute approximate surface area is 810 Å². The molecule has 0 aliphatic carbocycles. The van der Waals surface area contributed by atoms with E-state index in [2.05, 4.69) is 21.3 Å². The van der Waals surface area contributed by atoms with Crippen LogP contribution in [-0.2, 0) is 117 Å². The molecule has 696 valence electrons. The smallest absolute Gasteiger partial charge is 0.747 e. The Morgan fingerprint density at radius 2 is 0.315 bits per heavy atom. The van der Waals surface area contributed by atoms with Gasteiger partial charge in [0.1, 0.15) is 40.5 Å². The van der Waals surface area contributed by atoms with Gasteiger partial charge in [-0.1, -0.05) is 180 Å². The van der Waals surface area contributed by atoms with Gasteiger partial charge in [0, 0.05) is 26.2 Å². The topological polar surface area (TPSA) is 793 Å². The van der Waals surface area contributed by atoms with Gasteiger partial charge in [-0.2, -0.15) is 0 Å². The summed E-state index contributed by atoms with van der Waals surface area (Å²) in [4.78, 5) is 175. The minimum atomic E-state index is -5.09. The van der Waals surface area contributed by atoms with Crippen molar-refractivity contribution >= 4 is 136 Å². The maximum absolute atomic E-state index is 11.5. The van der Waals surface area contributed by atoms with Crippen molar-refractivity contribution in [3.63, 3.8) is 0 Å². The summed E-state index contributed by atoms with van der Waals surface area (Å²) in [6.07, 6.45) is 22.8. The summed E-state index contributed by atoms with van der Waals surface area (Å²) >= 11 is 0. The van der Waals surface area contributed by atoms with Gasteiger partial charge >= 0.3 is 190 Å². The SMILES string of the molecule is O=C(O)CC(CCCCCCCCCCNC(=O)CC(C(=O)O)S(=O)(=O)[O-])C(=O)O.O=C(O)CC(CCCCCCCCCCNC(=O)CC(C(=O)O)S(=O)(=O)[O-])C(=O)O.O=C(O)CC(CCCCCCCCCCNC(=O)CC(C(=O)O)S(=O)(=O)[O-])C(=O)O.O=C(O)CC(CCCCCCCCCCNC(=O)CC(C(=O)O)S(=O)(=O)[O-])C(=O)O.[Na+].[Na+].[Na+].[Na+]. The zero-order valence-corrected chi connectivity index (χ0v) is 82.3. The number of hydrogen-bond acceptors (Lipinski definition) is 28. The monoisotopic (exact) mass is 1900 g/mol. The third-order valence-electron chi connectivity index (χ3n) is 18.3. The molecule has 8 unspecified atom stereocenters.